The normalized spacial score (nSPS) is 14.9. The molecule has 0 atom stereocenters. The molecule has 3 rings (SSSR count). The molecule has 0 saturated carbocycles. The van der Waals surface area contributed by atoms with E-state index in [2.05, 4.69) is 36.0 Å². The van der Waals surface area contributed by atoms with Crippen molar-refractivity contribution in [2.45, 2.75) is 6.42 Å². The number of benzene rings is 1. The summed E-state index contributed by atoms with van der Waals surface area (Å²) >= 11 is 0. The van der Waals surface area contributed by atoms with Gasteiger partial charge in [-0.05, 0) is 22.6 Å². The molecule has 1 fully saturated rings. The topological polar surface area (TPSA) is 108 Å². The van der Waals surface area contributed by atoms with Crippen molar-refractivity contribution in [2.24, 2.45) is 0 Å². The largest absolute Gasteiger partial charge is 0.341 e. The van der Waals surface area contributed by atoms with Gasteiger partial charge in [0.05, 0.1) is 5.69 Å². The van der Waals surface area contributed by atoms with Crippen LogP contribution in [0.3, 0.4) is 0 Å². The Morgan fingerprint density at radius 1 is 1.12 bits per heavy atom. The fourth-order valence-corrected chi connectivity index (χ4v) is 2.80. The fourth-order valence-electron chi connectivity index (χ4n) is 2.80. The van der Waals surface area contributed by atoms with Gasteiger partial charge in [0, 0.05) is 46.2 Å². The van der Waals surface area contributed by atoms with Crippen molar-refractivity contribution >= 4 is 17.9 Å². The van der Waals surface area contributed by atoms with E-state index in [1.54, 1.807) is 4.68 Å². The number of hydrogen-bond donors (Lipinski definition) is 2. The van der Waals surface area contributed by atoms with Gasteiger partial charge < -0.3 is 10.2 Å². The van der Waals surface area contributed by atoms with Gasteiger partial charge in [0.2, 0.25) is 11.9 Å². The van der Waals surface area contributed by atoms with E-state index in [0.717, 1.165) is 31.9 Å². The van der Waals surface area contributed by atoms with Gasteiger partial charge >= 0.3 is 6.03 Å². The molecule has 10 nitrogen and oxygen atoms in total. The summed E-state index contributed by atoms with van der Waals surface area (Å²) in [5.74, 6) is 0.438. The third kappa shape index (κ3) is 4.33. The number of piperazine rings is 1. The molecule has 1 saturated heterocycles. The maximum absolute atomic E-state index is 11.7. The van der Waals surface area contributed by atoms with Crippen molar-refractivity contribution in [1.29, 1.82) is 0 Å². The Hall–Kier alpha value is -3.01. The fraction of sp³-hybridized carbons (Fsp3) is 0.438. The first-order valence-electron chi connectivity index (χ1n) is 8.50. The third-order valence-corrected chi connectivity index (χ3v) is 4.24. The Morgan fingerprint density at radius 2 is 1.85 bits per heavy atom. The first-order valence-corrected chi connectivity index (χ1v) is 8.50. The molecular weight excluding hydrogens is 336 g/mol. The maximum atomic E-state index is 11.7. The van der Waals surface area contributed by atoms with Crippen LogP contribution >= 0.6 is 0 Å². The van der Waals surface area contributed by atoms with E-state index in [1.807, 2.05) is 30.3 Å². The molecule has 0 spiro atoms. The molecule has 0 bridgehead atoms. The van der Waals surface area contributed by atoms with Crippen LogP contribution in [0.1, 0.15) is 6.42 Å². The summed E-state index contributed by atoms with van der Waals surface area (Å²) in [6.45, 7) is 3.75. The Balaban J connectivity index is 1.51. The van der Waals surface area contributed by atoms with Crippen LogP contribution in [0.25, 0.3) is 5.69 Å². The predicted octanol–water partition coefficient (Wildman–Crippen LogP) is -0.370. The first kappa shape index (κ1) is 17.8. The highest BCUT2D eigenvalue weighted by molar-refractivity contribution is 5.94. The van der Waals surface area contributed by atoms with Gasteiger partial charge in [-0.15, -0.1) is 0 Å². The monoisotopic (exact) mass is 358 g/mol. The second kappa shape index (κ2) is 8.39. The molecule has 1 aliphatic rings. The van der Waals surface area contributed by atoms with Crippen molar-refractivity contribution in [3.63, 3.8) is 0 Å². The molecule has 0 unspecified atom stereocenters. The quantitative estimate of drug-likeness (QED) is 0.751. The molecule has 0 radical (unpaired) electrons. The van der Waals surface area contributed by atoms with Gasteiger partial charge in [0.15, 0.2) is 0 Å². The number of rotatable bonds is 5. The lowest BCUT2D eigenvalue weighted by Crippen LogP contribution is -2.48. The lowest BCUT2D eigenvalue weighted by Gasteiger charge is -2.34. The Kier molecular flexibility index (Phi) is 5.74. The van der Waals surface area contributed by atoms with E-state index in [4.69, 9.17) is 0 Å². The molecule has 2 aromatic rings. The molecule has 3 amide bonds. The number of tetrazole rings is 1. The minimum absolute atomic E-state index is 0.278. The predicted molar refractivity (Wildman–Crippen MR) is 95.0 cm³/mol. The minimum Gasteiger partial charge on any atom is -0.341 e. The maximum Gasteiger partial charge on any atom is 0.321 e. The van der Waals surface area contributed by atoms with Crippen LogP contribution in [0.5, 0.6) is 0 Å². The lowest BCUT2D eigenvalue weighted by molar-refractivity contribution is -0.120. The number of carbonyl (C=O) groups excluding carboxylic acids is 2. The highest BCUT2D eigenvalue weighted by Gasteiger charge is 2.22. The van der Waals surface area contributed by atoms with Gasteiger partial charge in [-0.3, -0.25) is 15.0 Å². The van der Waals surface area contributed by atoms with Gasteiger partial charge in [-0.25, -0.2) is 4.79 Å². The smallest absolute Gasteiger partial charge is 0.321 e. The van der Waals surface area contributed by atoms with Gasteiger partial charge in [-0.2, -0.15) is 4.68 Å². The summed E-state index contributed by atoms with van der Waals surface area (Å²) in [5, 5.41) is 16.7. The van der Waals surface area contributed by atoms with Crippen LogP contribution in [0.15, 0.2) is 30.3 Å². The van der Waals surface area contributed by atoms with Gasteiger partial charge in [0.1, 0.15) is 0 Å². The molecule has 1 aliphatic heterocycles. The van der Waals surface area contributed by atoms with Crippen molar-refractivity contribution in [3.8, 4) is 5.69 Å². The van der Waals surface area contributed by atoms with Crippen LogP contribution < -0.4 is 15.5 Å². The average Bonchev–Trinajstić information content (AvgIpc) is 3.17. The summed E-state index contributed by atoms with van der Waals surface area (Å²) in [6, 6.07) is 9.28. The third-order valence-electron chi connectivity index (χ3n) is 4.24. The van der Waals surface area contributed by atoms with Gasteiger partial charge in [0.25, 0.3) is 0 Å². The Bertz CT molecular complexity index is 740. The zero-order valence-corrected chi connectivity index (χ0v) is 14.6. The van der Waals surface area contributed by atoms with Crippen molar-refractivity contribution in [1.82, 2.24) is 35.7 Å². The van der Waals surface area contributed by atoms with Crippen molar-refractivity contribution < 1.29 is 9.59 Å². The second-order valence-corrected chi connectivity index (χ2v) is 5.93. The number of hydrogen-bond acceptors (Lipinski definition) is 7. The molecule has 0 aliphatic carbocycles. The molecule has 2 heterocycles. The lowest BCUT2D eigenvalue weighted by atomic mass is 10.3. The number of para-hydroxylation sites is 1. The number of nitrogens with zero attached hydrogens (tertiary/aromatic N) is 6. The summed E-state index contributed by atoms with van der Waals surface area (Å²) in [4.78, 5) is 27.1. The molecule has 1 aromatic heterocycles. The summed E-state index contributed by atoms with van der Waals surface area (Å²) in [5.41, 5.74) is 0.917. The Labute approximate surface area is 151 Å². The number of amides is 3. The highest BCUT2D eigenvalue weighted by atomic mass is 16.2. The van der Waals surface area contributed by atoms with Crippen LogP contribution in [0, 0.1) is 0 Å². The van der Waals surface area contributed by atoms with Crippen LogP contribution in [-0.4, -0.2) is 76.8 Å². The van der Waals surface area contributed by atoms with Crippen molar-refractivity contribution in [3.05, 3.63) is 30.3 Å². The Morgan fingerprint density at radius 3 is 2.54 bits per heavy atom. The number of anilines is 1. The number of carbonyl (C=O) groups is 2. The second-order valence-electron chi connectivity index (χ2n) is 5.93. The van der Waals surface area contributed by atoms with E-state index >= 15 is 0 Å². The zero-order valence-electron chi connectivity index (χ0n) is 14.6. The minimum atomic E-state index is -0.479. The van der Waals surface area contributed by atoms with Gasteiger partial charge in [-0.1, -0.05) is 23.3 Å². The first-order chi connectivity index (χ1) is 12.7. The van der Waals surface area contributed by atoms with E-state index in [1.165, 1.54) is 7.05 Å². The molecular formula is C16H22N8O2. The summed E-state index contributed by atoms with van der Waals surface area (Å²) in [7, 11) is 1.48. The molecule has 138 valence electrons. The average molecular weight is 358 g/mol. The molecule has 1 aromatic carbocycles. The highest BCUT2D eigenvalue weighted by Crippen LogP contribution is 2.16. The van der Waals surface area contributed by atoms with Crippen molar-refractivity contribution in [2.75, 3.05) is 44.7 Å². The van der Waals surface area contributed by atoms with E-state index < -0.39 is 6.03 Å². The number of imide groups is 1. The standard InChI is InChI=1S/C16H22N8O2/c1-17-15(26)18-14(25)7-8-22-9-11-23(12-10-22)16-19-20-21-24(16)13-5-3-2-4-6-13/h2-6H,7-12H2,1H3,(H2,17,18,25,26). The van der Waals surface area contributed by atoms with Crippen LogP contribution in [0.2, 0.25) is 0 Å². The number of urea groups is 1. The molecule has 2 N–H and O–H groups in total. The zero-order chi connectivity index (χ0) is 18.4. The number of nitrogens with one attached hydrogen (secondary N) is 2. The molecule has 10 heteroatoms. The SMILES string of the molecule is CNC(=O)NC(=O)CCN1CCN(c2nnnn2-c2ccccc2)CC1. The summed E-state index contributed by atoms with van der Waals surface area (Å²) < 4.78 is 1.73. The van der Waals surface area contributed by atoms with E-state index in [9.17, 15) is 9.59 Å². The number of aromatic nitrogens is 4. The van der Waals surface area contributed by atoms with Crippen LogP contribution in [-0.2, 0) is 4.79 Å². The van der Waals surface area contributed by atoms with E-state index in [0.29, 0.717) is 12.5 Å². The van der Waals surface area contributed by atoms with E-state index in [-0.39, 0.29) is 12.3 Å². The molecule has 26 heavy (non-hydrogen) atoms. The summed E-state index contributed by atoms with van der Waals surface area (Å²) in [6.07, 6.45) is 0.287. The van der Waals surface area contributed by atoms with Crippen LogP contribution in [0.4, 0.5) is 10.7 Å².